The van der Waals surface area contributed by atoms with E-state index in [0.29, 0.717) is 30.2 Å². The van der Waals surface area contributed by atoms with Crippen LogP contribution in [0.25, 0.3) is 0 Å². The summed E-state index contributed by atoms with van der Waals surface area (Å²) in [6.07, 6.45) is 3.26. The predicted octanol–water partition coefficient (Wildman–Crippen LogP) is 4.89. The molecule has 0 unspecified atom stereocenters. The molecular weight excluding hydrogens is 334 g/mol. The molecule has 0 aromatic carbocycles. The van der Waals surface area contributed by atoms with Crippen LogP contribution in [-0.2, 0) is 11.2 Å². The zero-order chi connectivity index (χ0) is 18.0. The Morgan fingerprint density at radius 1 is 1.36 bits per heavy atom. The van der Waals surface area contributed by atoms with Crippen molar-refractivity contribution in [3.8, 4) is 0 Å². The molecule has 1 aliphatic rings. The van der Waals surface area contributed by atoms with Crippen molar-refractivity contribution in [2.75, 3.05) is 6.61 Å². The second-order valence-electron chi connectivity index (χ2n) is 6.80. The SMILES string of the molecule is CCC(CC)COC(=O)c1[nH]c2c(c1C)C(=O)C[C@H](c1cccs1)C2. The van der Waals surface area contributed by atoms with Gasteiger partial charge < -0.3 is 9.72 Å². The molecule has 5 heteroatoms. The fourth-order valence-corrected chi connectivity index (χ4v) is 4.38. The molecule has 0 aliphatic heterocycles. The number of hydrogen-bond acceptors (Lipinski definition) is 4. The normalized spacial score (nSPS) is 17.0. The zero-order valence-corrected chi connectivity index (χ0v) is 15.9. The first-order valence-corrected chi connectivity index (χ1v) is 9.88. The van der Waals surface area contributed by atoms with E-state index in [1.807, 2.05) is 18.4 Å². The van der Waals surface area contributed by atoms with E-state index < -0.39 is 0 Å². The maximum absolute atomic E-state index is 12.6. The van der Waals surface area contributed by atoms with Crippen LogP contribution in [0.2, 0.25) is 0 Å². The second-order valence-corrected chi connectivity index (χ2v) is 7.78. The molecule has 0 spiro atoms. The van der Waals surface area contributed by atoms with Crippen molar-refractivity contribution in [1.82, 2.24) is 4.98 Å². The molecule has 1 aliphatic carbocycles. The molecule has 2 heterocycles. The van der Waals surface area contributed by atoms with Crippen molar-refractivity contribution in [1.29, 1.82) is 0 Å². The quantitative estimate of drug-likeness (QED) is 0.747. The summed E-state index contributed by atoms with van der Waals surface area (Å²) in [7, 11) is 0. The summed E-state index contributed by atoms with van der Waals surface area (Å²) in [5.74, 6) is 0.358. The first kappa shape index (κ1) is 17.9. The number of Topliss-reactive ketones (excluding diaryl/α,β-unsaturated/α-hetero) is 1. The Morgan fingerprint density at radius 3 is 2.76 bits per heavy atom. The molecule has 2 aromatic heterocycles. The van der Waals surface area contributed by atoms with Gasteiger partial charge >= 0.3 is 5.97 Å². The van der Waals surface area contributed by atoms with Crippen molar-refractivity contribution in [2.24, 2.45) is 5.92 Å². The Labute approximate surface area is 152 Å². The lowest BCUT2D eigenvalue weighted by molar-refractivity contribution is 0.0426. The van der Waals surface area contributed by atoms with Crippen molar-refractivity contribution in [3.05, 3.63) is 44.9 Å². The van der Waals surface area contributed by atoms with Crippen LogP contribution in [-0.4, -0.2) is 23.3 Å². The summed E-state index contributed by atoms with van der Waals surface area (Å²) < 4.78 is 5.49. The summed E-state index contributed by atoms with van der Waals surface area (Å²) in [5, 5.41) is 2.04. The number of ketones is 1. The minimum atomic E-state index is -0.348. The number of carbonyl (C=O) groups is 2. The van der Waals surface area contributed by atoms with Gasteiger partial charge in [0.2, 0.25) is 0 Å². The molecule has 3 rings (SSSR count). The van der Waals surface area contributed by atoms with Crippen LogP contribution in [0, 0.1) is 12.8 Å². The van der Waals surface area contributed by atoms with Gasteiger partial charge in [-0.3, -0.25) is 4.79 Å². The van der Waals surface area contributed by atoms with Crippen LogP contribution in [0.3, 0.4) is 0 Å². The molecule has 0 amide bonds. The molecule has 0 radical (unpaired) electrons. The fourth-order valence-electron chi connectivity index (χ4n) is 3.55. The number of H-pyrrole nitrogens is 1. The maximum atomic E-state index is 12.6. The number of aromatic nitrogens is 1. The molecule has 0 bridgehead atoms. The third kappa shape index (κ3) is 3.56. The van der Waals surface area contributed by atoms with Gasteiger partial charge in [-0.25, -0.2) is 4.79 Å². The number of aromatic amines is 1. The fraction of sp³-hybridized carbons (Fsp3) is 0.500. The van der Waals surface area contributed by atoms with Crippen LogP contribution >= 0.6 is 11.3 Å². The first-order chi connectivity index (χ1) is 12.0. The Morgan fingerprint density at radius 2 is 2.12 bits per heavy atom. The summed E-state index contributed by atoms with van der Waals surface area (Å²) in [6, 6.07) is 4.09. The second kappa shape index (κ2) is 7.56. The molecule has 1 atom stereocenters. The largest absolute Gasteiger partial charge is 0.461 e. The van der Waals surface area contributed by atoms with Gasteiger partial charge in [0, 0.05) is 28.5 Å². The molecule has 2 aromatic rings. The predicted molar refractivity (Wildman–Crippen MR) is 99.6 cm³/mol. The number of carbonyl (C=O) groups excluding carboxylic acids is 2. The monoisotopic (exact) mass is 359 g/mol. The highest BCUT2D eigenvalue weighted by Crippen LogP contribution is 2.36. The third-order valence-electron chi connectivity index (χ3n) is 5.24. The summed E-state index contributed by atoms with van der Waals surface area (Å²) in [4.78, 5) is 29.5. The van der Waals surface area contributed by atoms with Crippen molar-refractivity contribution in [2.45, 2.75) is 52.4 Å². The van der Waals surface area contributed by atoms with Gasteiger partial charge in [0.1, 0.15) is 5.69 Å². The van der Waals surface area contributed by atoms with Crippen LogP contribution < -0.4 is 0 Å². The molecule has 0 saturated heterocycles. The molecule has 0 fully saturated rings. The highest BCUT2D eigenvalue weighted by Gasteiger charge is 2.32. The van der Waals surface area contributed by atoms with Gasteiger partial charge in [-0.2, -0.15) is 0 Å². The van der Waals surface area contributed by atoms with E-state index in [1.165, 1.54) is 4.88 Å². The van der Waals surface area contributed by atoms with E-state index in [2.05, 4.69) is 24.9 Å². The number of esters is 1. The minimum Gasteiger partial charge on any atom is -0.461 e. The number of rotatable bonds is 6. The number of fused-ring (bicyclic) bond motifs is 1. The lowest BCUT2D eigenvalue weighted by Crippen LogP contribution is -2.17. The van der Waals surface area contributed by atoms with E-state index in [4.69, 9.17) is 4.74 Å². The number of thiophene rings is 1. The number of nitrogens with one attached hydrogen (secondary N) is 1. The Hall–Kier alpha value is -1.88. The summed E-state index contributed by atoms with van der Waals surface area (Å²) in [6.45, 7) is 6.47. The average molecular weight is 359 g/mol. The highest BCUT2D eigenvalue weighted by molar-refractivity contribution is 7.10. The van der Waals surface area contributed by atoms with E-state index in [0.717, 1.165) is 30.5 Å². The van der Waals surface area contributed by atoms with Crippen LogP contribution in [0.5, 0.6) is 0 Å². The van der Waals surface area contributed by atoms with Crippen LogP contribution in [0.4, 0.5) is 0 Å². The molecule has 25 heavy (non-hydrogen) atoms. The van der Waals surface area contributed by atoms with Gasteiger partial charge in [-0.15, -0.1) is 11.3 Å². The van der Waals surface area contributed by atoms with Crippen molar-refractivity contribution >= 4 is 23.1 Å². The van der Waals surface area contributed by atoms with Crippen LogP contribution in [0.1, 0.15) is 76.0 Å². The molecule has 4 nitrogen and oxygen atoms in total. The molecule has 0 saturated carbocycles. The van der Waals surface area contributed by atoms with Crippen molar-refractivity contribution in [3.63, 3.8) is 0 Å². The van der Waals surface area contributed by atoms with Crippen molar-refractivity contribution < 1.29 is 14.3 Å². The summed E-state index contributed by atoms with van der Waals surface area (Å²) in [5.41, 5.74) is 2.75. The Kier molecular flexibility index (Phi) is 5.42. The summed E-state index contributed by atoms with van der Waals surface area (Å²) >= 11 is 1.68. The third-order valence-corrected chi connectivity index (χ3v) is 6.28. The molecule has 1 N–H and O–H groups in total. The molecular formula is C20H25NO3S. The lowest BCUT2D eigenvalue weighted by Gasteiger charge is -2.20. The van der Waals surface area contributed by atoms with E-state index in [1.54, 1.807) is 11.3 Å². The van der Waals surface area contributed by atoms with E-state index in [9.17, 15) is 9.59 Å². The number of ether oxygens (including phenoxy) is 1. The van der Waals surface area contributed by atoms with Gasteiger partial charge in [0.15, 0.2) is 5.78 Å². The topological polar surface area (TPSA) is 59.2 Å². The molecule has 134 valence electrons. The highest BCUT2D eigenvalue weighted by atomic mass is 32.1. The standard InChI is InChI=1S/C20H25NO3S/c1-4-13(5-2)11-24-20(23)19-12(3)18-15(21-19)9-14(10-16(18)22)17-7-6-8-25-17/h6-8,13-14,21H,4-5,9-11H2,1-3H3/t14-/m1/s1. The zero-order valence-electron chi connectivity index (χ0n) is 15.1. The van der Waals surface area contributed by atoms with Gasteiger partial charge in [0.25, 0.3) is 0 Å². The van der Waals surface area contributed by atoms with Gasteiger partial charge in [-0.05, 0) is 36.3 Å². The van der Waals surface area contributed by atoms with E-state index >= 15 is 0 Å². The number of hydrogen-bond donors (Lipinski definition) is 1. The Bertz CT molecular complexity index is 756. The van der Waals surface area contributed by atoms with Gasteiger partial charge in [0.05, 0.1) is 6.61 Å². The van der Waals surface area contributed by atoms with Gasteiger partial charge in [-0.1, -0.05) is 32.8 Å². The minimum absolute atomic E-state index is 0.118. The Balaban J connectivity index is 1.79. The van der Waals surface area contributed by atoms with Crippen LogP contribution in [0.15, 0.2) is 17.5 Å². The first-order valence-electron chi connectivity index (χ1n) is 9.00. The maximum Gasteiger partial charge on any atom is 0.355 e. The lowest BCUT2D eigenvalue weighted by atomic mass is 9.84. The smallest absolute Gasteiger partial charge is 0.355 e. The van der Waals surface area contributed by atoms with E-state index in [-0.39, 0.29) is 17.7 Å². The average Bonchev–Trinajstić information content (AvgIpc) is 3.24.